The van der Waals surface area contributed by atoms with Gasteiger partial charge in [-0.05, 0) is 18.2 Å². The molecule has 1 atom stereocenters. The molecule has 1 aliphatic heterocycles. The van der Waals surface area contributed by atoms with Gasteiger partial charge in [0.2, 0.25) is 0 Å². The number of ether oxygens (including phenoxy) is 2. The number of nitrogens with zero attached hydrogens (tertiary/aromatic N) is 1. The first-order valence-corrected chi connectivity index (χ1v) is 7.89. The molecule has 2 aromatic rings. The van der Waals surface area contributed by atoms with Crippen LogP contribution in [0.15, 0.2) is 53.5 Å². The monoisotopic (exact) mass is 329 g/mol. The molecule has 0 aromatic heterocycles. The maximum absolute atomic E-state index is 13.4. The lowest BCUT2D eigenvalue weighted by Gasteiger charge is -2.26. The highest BCUT2D eigenvalue weighted by Crippen LogP contribution is 2.31. The normalized spacial score (nSPS) is 16.9. The number of nitrogens with one attached hydrogen (secondary N) is 1. The fourth-order valence-corrected chi connectivity index (χ4v) is 2.60. The number of rotatable bonds is 5. The highest BCUT2D eigenvalue weighted by atomic mass is 19.1. The summed E-state index contributed by atoms with van der Waals surface area (Å²) in [7, 11) is 0. The van der Waals surface area contributed by atoms with Crippen LogP contribution in [0.2, 0.25) is 0 Å². The highest BCUT2D eigenvalue weighted by molar-refractivity contribution is 5.78. The molecule has 0 saturated carbocycles. The highest BCUT2D eigenvalue weighted by Gasteiger charge is 2.21. The van der Waals surface area contributed by atoms with E-state index in [1.807, 2.05) is 24.3 Å². The Bertz CT molecular complexity index is 721. The third kappa shape index (κ3) is 3.95. The third-order valence-corrected chi connectivity index (χ3v) is 3.75. The summed E-state index contributed by atoms with van der Waals surface area (Å²) in [5.74, 6) is 1.05. The van der Waals surface area contributed by atoms with Crippen molar-refractivity contribution in [3.05, 3.63) is 59.9 Å². The van der Waals surface area contributed by atoms with Gasteiger partial charge in [0, 0.05) is 12.0 Å². The lowest BCUT2D eigenvalue weighted by Crippen LogP contribution is -2.37. The van der Waals surface area contributed by atoms with Crippen molar-refractivity contribution in [3.63, 3.8) is 0 Å². The van der Waals surface area contributed by atoms with Gasteiger partial charge in [-0.3, -0.25) is 0 Å². The number of nitrogens with two attached hydrogens (primary N) is 1. The van der Waals surface area contributed by atoms with Gasteiger partial charge in [0.15, 0.2) is 17.5 Å². The van der Waals surface area contributed by atoms with Crippen molar-refractivity contribution in [2.45, 2.75) is 12.5 Å². The number of hydrogen-bond acceptors (Lipinski definition) is 3. The van der Waals surface area contributed by atoms with Crippen LogP contribution in [0.4, 0.5) is 4.39 Å². The summed E-state index contributed by atoms with van der Waals surface area (Å²) in [5.41, 5.74) is 7.01. The number of guanidine groups is 1. The number of hydrogen-bond donors (Lipinski definition) is 2. The summed E-state index contributed by atoms with van der Waals surface area (Å²) >= 11 is 0. The maximum atomic E-state index is 13.4. The van der Waals surface area contributed by atoms with Gasteiger partial charge in [-0.2, -0.15) is 0 Å². The van der Waals surface area contributed by atoms with E-state index in [1.54, 1.807) is 18.2 Å². The summed E-state index contributed by atoms with van der Waals surface area (Å²) in [6, 6.07) is 14.2. The van der Waals surface area contributed by atoms with Crippen molar-refractivity contribution in [1.82, 2.24) is 5.32 Å². The van der Waals surface area contributed by atoms with Crippen LogP contribution in [0.5, 0.6) is 11.5 Å². The zero-order valence-electron chi connectivity index (χ0n) is 13.2. The van der Waals surface area contributed by atoms with E-state index in [2.05, 4.69) is 10.3 Å². The number of fused-ring (bicyclic) bond motifs is 1. The van der Waals surface area contributed by atoms with Gasteiger partial charge in [-0.25, -0.2) is 9.38 Å². The quantitative estimate of drug-likeness (QED) is 0.503. The Hall–Kier alpha value is -2.76. The van der Waals surface area contributed by atoms with Crippen molar-refractivity contribution in [3.8, 4) is 11.5 Å². The van der Waals surface area contributed by atoms with Crippen LogP contribution < -0.4 is 20.5 Å². The van der Waals surface area contributed by atoms with Gasteiger partial charge in [0.25, 0.3) is 0 Å². The van der Waals surface area contributed by atoms with Crippen LogP contribution >= 0.6 is 0 Å². The Morgan fingerprint density at radius 2 is 2.04 bits per heavy atom. The van der Waals surface area contributed by atoms with Gasteiger partial charge in [-0.1, -0.05) is 30.3 Å². The molecule has 3 rings (SSSR count). The molecule has 0 aliphatic carbocycles. The molecule has 3 N–H and O–H groups in total. The zero-order chi connectivity index (χ0) is 16.8. The molecule has 0 amide bonds. The number of halogens is 1. The molecule has 1 aliphatic rings. The Balaban J connectivity index is 1.51. The molecule has 0 radical (unpaired) electrons. The maximum Gasteiger partial charge on any atom is 0.189 e. The summed E-state index contributed by atoms with van der Waals surface area (Å²) in [4.78, 5) is 4.23. The van der Waals surface area contributed by atoms with Gasteiger partial charge in [0.1, 0.15) is 12.4 Å². The van der Waals surface area contributed by atoms with Crippen LogP contribution in [0, 0.1) is 5.82 Å². The van der Waals surface area contributed by atoms with Crippen LogP contribution in [-0.2, 0) is 0 Å². The second kappa shape index (κ2) is 7.68. The number of para-hydroxylation sites is 2. The van der Waals surface area contributed by atoms with E-state index in [0.29, 0.717) is 19.1 Å². The van der Waals surface area contributed by atoms with Crippen molar-refractivity contribution in [2.75, 3.05) is 19.8 Å². The zero-order valence-corrected chi connectivity index (χ0v) is 13.2. The molecule has 126 valence electrons. The van der Waals surface area contributed by atoms with E-state index in [4.69, 9.17) is 15.2 Å². The molecule has 2 aromatic carbocycles. The Morgan fingerprint density at radius 3 is 2.92 bits per heavy atom. The standard InChI is InChI=1S/C18H20FN3O2/c19-14-6-2-4-8-17(14)24-12-10-21-18(20)22-15-9-11-23-16-7-3-1-5-13(15)16/h1-8,15H,9-12H2,(H3,20,21,22). The van der Waals surface area contributed by atoms with Gasteiger partial charge in [-0.15, -0.1) is 0 Å². The van der Waals surface area contributed by atoms with E-state index >= 15 is 0 Å². The molecule has 0 fully saturated rings. The first-order chi connectivity index (χ1) is 11.7. The summed E-state index contributed by atoms with van der Waals surface area (Å²) in [6.45, 7) is 1.24. The predicted molar refractivity (Wildman–Crippen MR) is 90.8 cm³/mol. The summed E-state index contributed by atoms with van der Waals surface area (Å²) < 4.78 is 24.4. The lowest BCUT2D eigenvalue weighted by atomic mass is 10.0. The minimum atomic E-state index is -0.383. The molecule has 0 bridgehead atoms. The topological polar surface area (TPSA) is 68.9 Å². The molecule has 24 heavy (non-hydrogen) atoms. The molecule has 1 heterocycles. The van der Waals surface area contributed by atoms with E-state index in [1.165, 1.54) is 6.07 Å². The van der Waals surface area contributed by atoms with E-state index in [-0.39, 0.29) is 24.2 Å². The molecule has 0 saturated heterocycles. The predicted octanol–water partition coefficient (Wildman–Crippen LogP) is 2.63. The fourth-order valence-electron chi connectivity index (χ4n) is 2.60. The largest absolute Gasteiger partial charge is 0.493 e. The molecular formula is C18H20FN3O2. The van der Waals surface area contributed by atoms with Gasteiger partial charge in [0.05, 0.1) is 19.2 Å². The second-order valence-corrected chi connectivity index (χ2v) is 5.42. The summed E-state index contributed by atoms with van der Waals surface area (Å²) in [6.07, 6.45) is 0.818. The lowest BCUT2D eigenvalue weighted by molar-refractivity contribution is 0.262. The van der Waals surface area contributed by atoms with E-state index in [9.17, 15) is 4.39 Å². The first-order valence-electron chi connectivity index (χ1n) is 7.89. The van der Waals surface area contributed by atoms with Crippen LogP contribution in [0.3, 0.4) is 0 Å². The molecule has 0 spiro atoms. The first kappa shape index (κ1) is 16.1. The van der Waals surface area contributed by atoms with Crippen molar-refractivity contribution < 1.29 is 13.9 Å². The van der Waals surface area contributed by atoms with Crippen molar-refractivity contribution in [2.24, 2.45) is 10.7 Å². The molecular weight excluding hydrogens is 309 g/mol. The van der Waals surface area contributed by atoms with E-state index in [0.717, 1.165) is 17.7 Å². The smallest absolute Gasteiger partial charge is 0.189 e. The minimum Gasteiger partial charge on any atom is -0.493 e. The number of benzene rings is 2. The third-order valence-electron chi connectivity index (χ3n) is 3.75. The summed E-state index contributed by atoms with van der Waals surface area (Å²) in [5, 5.41) is 3.20. The Labute approximate surface area is 140 Å². The van der Waals surface area contributed by atoms with Gasteiger partial charge < -0.3 is 20.5 Å². The average Bonchev–Trinajstić information content (AvgIpc) is 2.60. The second-order valence-electron chi connectivity index (χ2n) is 5.42. The molecule has 6 heteroatoms. The Morgan fingerprint density at radius 1 is 1.25 bits per heavy atom. The SMILES string of the molecule is NC(=NCCOc1ccccc1F)NC1CCOc2ccccc21. The number of aliphatic imine (C=N–C) groups is 1. The fraction of sp³-hybridized carbons (Fsp3) is 0.278. The molecule has 5 nitrogen and oxygen atoms in total. The average molecular weight is 329 g/mol. The van der Waals surface area contributed by atoms with Crippen LogP contribution in [-0.4, -0.2) is 25.7 Å². The van der Waals surface area contributed by atoms with Crippen LogP contribution in [0.25, 0.3) is 0 Å². The molecule has 1 unspecified atom stereocenters. The van der Waals surface area contributed by atoms with Crippen LogP contribution in [0.1, 0.15) is 18.0 Å². The van der Waals surface area contributed by atoms with Crippen molar-refractivity contribution >= 4 is 5.96 Å². The van der Waals surface area contributed by atoms with E-state index < -0.39 is 0 Å². The van der Waals surface area contributed by atoms with Gasteiger partial charge >= 0.3 is 0 Å². The minimum absolute atomic E-state index is 0.0752. The van der Waals surface area contributed by atoms with Crippen molar-refractivity contribution in [1.29, 1.82) is 0 Å². The Kier molecular flexibility index (Phi) is 5.15.